The second-order valence-electron chi connectivity index (χ2n) is 6.92. The first-order valence-electron chi connectivity index (χ1n) is 9.16. The number of primary amides is 1. The van der Waals surface area contributed by atoms with Gasteiger partial charge in [0.05, 0.1) is 24.1 Å². The van der Waals surface area contributed by atoms with Crippen LogP contribution in [0.3, 0.4) is 0 Å². The number of para-hydroxylation sites is 1. The smallest absolute Gasteiger partial charge is 0.310 e. The molecule has 0 saturated carbocycles. The van der Waals surface area contributed by atoms with Gasteiger partial charge in [0.15, 0.2) is 0 Å². The Morgan fingerprint density at radius 3 is 2.67 bits per heavy atom. The summed E-state index contributed by atoms with van der Waals surface area (Å²) in [6.07, 6.45) is 1.60. The number of piperidine rings is 1. The highest BCUT2D eigenvalue weighted by atomic mass is 32.2. The van der Waals surface area contributed by atoms with Gasteiger partial charge in [0, 0.05) is 19.6 Å². The number of carbonyl (C=O) groups is 2. The third kappa shape index (κ3) is 3.93. The van der Waals surface area contributed by atoms with Crippen LogP contribution in [0, 0.1) is 11.8 Å². The van der Waals surface area contributed by atoms with Crippen molar-refractivity contribution in [3.63, 3.8) is 0 Å². The molecule has 1 fully saturated rings. The number of nitrogens with zero attached hydrogens (tertiary/aromatic N) is 2. The normalized spacial score (nSPS) is 23.5. The Kier molecular flexibility index (Phi) is 5.71. The molecule has 2 aliphatic rings. The van der Waals surface area contributed by atoms with E-state index in [1.165, 1.54) is 8.61 Å². The zero-order valence-corrected chi connectivity index (χ0v) is 16.2. The fourth-order valence-electron chi connectivity index (χ4n) is 3.71. The molecule has 2 aliphatic heterocycles. The zero-order valence-electron chi connectivity index (χ0n) is 15.3. The lowest BCUT2D eigenvalue weighted by Gasteiger charge is -2.39. The van der Waals surface area contributed by atoms with Gasteiger partial charge in [-0.05, 0) is 37.8 Å². The van der Waals surface area contributed by atoms with Crippen LogP contribution in [0.2, 0.25) is 0 Å². The van der Waals surface area contributed by atoms with Crippen LogP contribution in [0.5, 0.6) is 0 Å². The molecule has 8 nitrogen and oxygen atoms in total. The molecule has 1 aromatic carbocycles. The molecule has 148 valence electrons. The topological polar surface area (TPSA) is 110 Å². The zero-order chi connectivity index (χ0) is 19.6. The lowest BCUT2D eigenvalue weighted by atomic mass is 9.93. The summed E-state index contributed by atoms with van der Waals surface area (Å²) in [6.45, 7) is 2.42. The molecule has 0 unspecified atom stereocenters. The van der Waals surface area contributed by atoms with E-state index in [1.807, 2.05) is 12.1 Å². The van der Waals surface area contributed by atoms with Crippen LogP contribution >= 0.6 is 0 Å². The first-order valence-corrected chi connectivity index (χ1v) is 10.6. The van der Waals surface area contributed by atoms with Crippen LogP contribution < -0.4 is 10.0 Å². The maximum atomic E-state index is 13.3. The van der Waals surface area contributed by atoms with Crippen molar-refractivity contribution in [1.82, 2.24) is 4.31 Å². The minimum absolute atomic E-state index is 0.00918. The number of ether oxygens (including phenoxy) is 1. The summed E-state index contributed by atoms with van der Waals surface area (Å²) < 4.78 is 34.3. The minimum atomic E-state index is -3.90. The summed E-state index contributed by atoms with van der Waals surface area (Å²) in [5.41, 5.74) is 6.80. The average Bonchev–Trinajstić information content (AvgIpc) is 2.67. The molecule has 2 heterocycles. The number of rotatable bonds is 5. The van der Waals surface area contributed by atoms with E-state index >= 15 is 0 Å². The van der Waals surface area contributed by atoms with Gasteiger partial charge in [0.2, 0.25) is 5.91 Å². The number of benzene rings is 1. The van der Waals surface area contributed by atoms with Crippen LogP contribution in [0.4, 0.5) is 5.69 Å². The molecule has 0 spiro atoms. The Labute approximate surface area is 159 Å². The highest BCUT2D eigenvalue weighted by molar-refractivity contribution is 7.90. The Bertz CT molecular complexity index is 826. The molecule has 0 aromatic heterocycles. The van der Waals surface area contributed by atoms with Crippen molar-refractivity contribution >= 4 is 27.8 Å². The van der Waals surface area contributed by atoms with Crippen LogP contribution in [0.1, 0.15) is 25.3 Å². The van der Waals surface area contributed by atoms with E-state index in [-0.39, 0.29) is 25.7 Å². The monoisotopic (exact) mass is 395 g/mol. The average molecular weight is 395 g/mol. The summed E-state index contributed by atoms with van der Waals surface area (Å²) in [5, 5.41) is 0. The maximum Gasteiger partial charge on any atom is 0.310 e. The van der Waals surface area contributed by atoms with Gasteiger partial charge in [0.1, 0.15) is 0 Å². The van der Waals surface area contributed by atoms with Gasteiger partial charge in [0.25, 0.3) is 0 Å². The van der Waals surface area contributed by atoms with Crippen LogP contribution in [-0.2, 0) is 31.0 Å². The predicted molar refractivity (Wildman–Crippen MR) is 100 cm³/mol. The largest absolute Gasteiger partial charge is 0.466 e. The molecule has 1 saturated heterocycles. The minimum Gasteiger partial charge on any atom is -0.466 e. The second-order valence-corrected chi connectivity index (χ2v) is 8.77. The fraction of sp³-hybridized carbons (Fsp3) is 0.556. The molecule has 3 rings (SSSR count). The van der Waals surface area contributed by atoms with Gasteiger partial charge in [-0.2, -0.15) is 12.7 Å². The van der Waals surface area contributed by atoms with Gasteiger partial charge in [-0.15, -0.1) is 0 Å². The first kappa shape index (κ1) is 19.6. The molecule has 2 atom stereocenters. The van der Waals surface area contributed by atoms with Crippen molar-refractivity contribution in [1.29, 1.82) is 0 Å². The molecule has 0 bridgehead atoms. The van der Waals surface area contributed by atoms with Crippen molar-refractivity contribution < 1.29 is 22.7 Å². The Morgan fingerprint density at radius 1 is 1.22 bits per heavy atom. The lowest BCUT2D eigenvalue weighted by molar-refractivity contribution is -0.149. The lowest BCUT2D eigenvalue weighted by Crippen LogP contribution is -2.53. The van der Waals surface area contributed by atoms with E-state index < -0.39 is 28.0 Å². The Morgan fingerprint density at radius 2 is 1.96 bits per heavy atom. The van der Waals surface area contributed by atoms with E-state index in [1.54, 1.807) is 19.1 Å². The highest BCUT2D eigenvalue weighted by Gasteiger charge is 2.40. The Balaban J connectivity index is 1.89. The summed E-state index contributed by atoms with van der Waals surface area (Å²) in [7, 11) is -3.90. The van der Waals surface area contributed by atoms with Crippen LogP contribution in [0.25, 0.3) is 0 Å². The van der Waals surface area contributed by atoms with Gasteiger partial charge < -0.3 is 10.5 Å². The summed E-state index contributed by atoms with van der Waals surface area (Å²) in [6, 6.07) is 7.12. The Hall–Kier alpha value is -2.13. The number of nitrogens with two attached hydrogens (primary N) is 1. The molecule has 0 aliphatic carbocycles. The van der Waals surface area contributed by atoms with Crippen LogP contribution in [-0.4, -0.2) is 50.8 Å². The quantitative estimate of drug-likeness (QED) is 0.737. The second kappa shape index (κ2) is 7.85. The molecule has 9 heteroatoms. The number of esters is 1. The van der Waals surface area contributed by atoms with Crippen molar-refractivity contribution in [2.45, 2.75) is 26.2 Å². The van der Waals surface area contributed by atoms with E-state index in [9.17, 15) is 18.0 Å². The number of amides is 1. The van der Waals surface area contributed by atoms with Gasteiger partial charge in [-0.25, -0.2) is 0 Å². The van der Waals surface area contributed by atoms with Gasteiger partial charge in [-0.1, -0.05) is 18.2 Å². The molecule has 1 amide bonds. The summed E-state index contributed by atoms with van der Waals surface area (Å²) in [5.74, 6) is -1.94. The van der Waals surface area contributed by atoms with E-state index in [0.717, 1.165) is 5.56 Å². The number of carbonyl (C=O) groups excluding carboxylic acids is 2. The third-order valence-electron chi connectivity index (χ3n) is 5.12. The molecule has 27 heavy (non-hydrogen) atoms. The standard InChI is InChI=1S/C18H25N3O5S/c1-2-26-18(23)14-7-5-9-20(11-14)27(24,25)21-12-15(17(19)22)10-13-6-3-4-8-16(13)21/h3-4,6,8,14-15H,2,5,7,9-12H2,1H3,(H2,19,22)/t14-,15+/m1/s1. The van der Waals surface area contributed by atoms with E-state index in [2.05, 4.69) is 0 Å². The number of hydrogen-bond acceptors (Lipinski definition) is 5. The third-order valence-corrected chi connectivity index (χ3v) is 7.01. The van der Waals surface area contributed by atoms with Crippen LogP contribution in [0.15, 0.2) is 24.3 Å². The highest BCUT2D eigenvalue weighted by Crippen LogP contribution is 2.34. The van der Waals surface area contributed by atoms with E-state index in [0.29, 0.717) is 31.5 Å². The van der Waals surface area contributed by atoms with Crippen molar-refractivity contribution in [3.8, 4) is 0 Å². The molecule has 1 aromatic rings. The van der Waals surface area contributed by atoms with Gasteiger partial charge >= 0.3 is 16.2 Å². The van der Waals surface area contributed by atoms with Crippen molar-refractivity contribution in [2.24, 2.45) is 17.6 Å². The van der Waals surface area contributed by atoms with Crippen molar-refractivity contribution in [2.75, 3.05) is 30.5 Å². The molecule has 0 radical (unpaired) electrons. The molecular formula is C18H25N3O5S. The summed E-state index contributed by atoms with van der Waals surface area (Å²) in [4.78, 5) is 23.8. The molecule has 2 N–H and O–H groups in total. The summed E-state index contributed by atoms with van der Waals surface area (Å²) >= 11 is 0. The van der Waals surface area contributed by atoms with E-state index in [4.69, 9.17) is 10.5 Å². The molecular weight excluding hydrogens is 370 g/mol. The number of anilines is 1. The van der Waals surface area contributed by atoms with Gasteiger partial charge in [-0.3, -0.25) is 13.9 Å². The first-order chi connectivity index (χ1) is 12.8. The predicted octanol–water partition coefficient (Wildman–Crippen LogP) is 0.671. The SMILES string of the molecule is CCOC(=O)[C@@H]1CCCN(S(=O)(=O)N2C[C@@H](C(N)=O)Cc3ccccc32)C1. The fourth-order valence-corrected chi connectivity index (χ4v) is 5.51. The number of hydrogen-bond donors (Lipinski definition) is 1. The maximum absolute atomic E-state index is 13.3. The number of fused-ring (bicyclic) bond motifs is 1. The van der Waals surface area contributed by atoms with Crippen molar-refractivity contribution in [3.05, 3.63) is 29.8 Å².